The Morgan fingerprint density at radius 1 is 1.19 bits per heavy atom. The Bertz CT molecular complexity index is 594. The lowest BCUT2D eigenvalue weighted by atomic mass is 10.2. The minimum atomic E-state index is -0.318. The van der Waals surface area contributed by atoms with E-state index < -0.39 is 0 Å². The molecule has 0 aliphatic carbocycles. The van der Waals surface area contributed by atoms with Gasteiger partial charge < -0.3 is 16.4 Å². The molecule has 8 nitrogen and oxygen atoms in total. The van der Waals surface area contributed by atoms with E-state index in [0.29, 0.717) is 24.3 Å². The van der Waals surface area contributed by atoms with E-state index in [9.17, 15) is 9.59 Å². The first kappa shape index (κ1) is 14.5. The monoisotopic (exact) mass is 288 g/mol. The average molecular weight is 288 g/mol. The zero-order valence-electron chi connectivity index (χ0n) is 11.3. The number of amides is 2. The van der Waals surface area contributed by atoms with Crippen LogP contribution < -0.4 is 16.4 Å². The van der Waals surface area contributed by atoms with Gasteiger partial charge >= 0.3 is 0 Å². The predicted molar refractivity (Wildman–Crippen MR) is 76.2 cm³/mol. The number of nitrogens with two attached hydrogens (primary N) is 1. The highest BCUT2D eigenvalue weighted by Crippen LogP contribution is 2.04. The minimum Gasteiger partial charge on any atom is -0.399 e. The van der Waals surface area contributed by atoms with Gasteiger partial charge in [0.05, 0.1) is 19.3 Å². The van der Waals surface area contributed by atoms with Crippen molar-refractivity contribution in [3.05, 3.63) is 42.2 Å². The molecule has 1 heterocycles. The van der Waals surface area contributed by atoms with Gasteiger partial charge in [-0.05, 0) is 24.3 Å². The molecule has 0 saturated heterocycles. The molecule has 0 radical (unpaired) electrons. The second kappa shape index (κ2) is 7.04. The van der Waals surface area contributed by atoms with Crippen LogP contribution >= 0.6 is 0 Å². The Hall–Kier alpha value is -2.90. The number of nitrogens with zero attached hydrogens (tertiary/aromatic N) is 3. The van der Waals surface area contributed by atoms with Crippen LogP contribution in [-0.2, 0) is 11.3 Å². The van der Waals surface area contributed by atoms with Gasteiger partial charge in [0.2, 0.25) is 5.91 Å². The Labute approximate surface area is 121 Å². The van der Waals surface area contributed by atoms with E-state index in [1.807, 2.05) is 0 Å². The normalized spacial score (nSPS) is 10.1. The van der Waals surface area contributed by atoms with Crippen LogP contribution in [0.4, 0.5) is 5.69 Å². The summed E-state index contributed by atoms with van der Waals surface area (Å²) in [6, 6.07) is 6.47. The number of nitrogen functional groups attached to an aromatic ring is 1. The molecule has 1 aromatic heterocycles. The fourth-order valence-corrected chi connectivity index (χ4v) is 1.62. The van der Waals surface area contributed by atoms with Crippen LogP contribution in [0.25, 0.3) is 0 Å². The topological polar surface area (TPSA) is 115 Å². The highest BCUT2D eigenvalue weighted by atomic mass is 16.2. The molecule has 0 spiro atoms. The van der Waals surface area contributed by atoms with Crippen molar-refractivity contribution in [3.63, 3.8) is 0 Å². The van der Waals surface area contributed by atoms with E-state index in [-0.39, 0.29) is 18.4 Å². The van der Waals surface area contributed by atoms with Gasteiger partial charge in [-0.15, -0.1) is 5.10 Å². The Morgan fingerprint density at radius 3 is 2.62 bits per heavy atom. The molecule has 0 atom stereocenters. The van der Waals surface area contributed by atoms with Crippen molar-refractivity contribution < 1.29 is 9.59 Å². The van der Waals surface area contributed by atoms with E-state index in [1.54, 1.807) is 41.3 Å². The van der Waals surface area contributed by atoms with Crippen LogP contribution in [0.1, 0.15) is 10.4 Å². The first-order chi connectivity index (χ1) is 10.1. The van der Waals surface area contributed by atoms with Gasteiger partial charge in [-0.25, -0.2) is 0 Å². The minimum absolute atomic E-state index is 0.0828. The lowest BCUT2D eigenvalue weighted by Gasteiger charge is -2.07. The zero-order chi connectivity index (χ0) is 15.1. The van der Waals surface area contributed by atoms with Gasteiger partial charge in [0.25, 0.3) is 5.91 Å². The highest BCUT2D eigenvalue weighted by molar-refractivity contribution is 5.96. The average Bonchev–Trinajstić information content (AvgIpc) is 2.99. The van der Waals surface area contributed by atoms with Crippen molar-refractivity contribution in [1.29, 1.82) is 0 Å². The van der Waals surface area contributed by atoms with E-state index in [0.717, 1.165) is 0 Å². The molecule has 0 bridgehead atoms. The number of benzene rings is 1. The Morgan fingerprint density at radius 2 is 1.95 bits per heavy atom. The van der Waals surface area contributed by atoms with Crippen LogP contribution in [0.3, 0.4) is 0 Å². The molecular weight excluding hydrogens is 272 g/mol. The Kier molecular flexibility index (Phi) is 4.86. The van der Waals surface area contributed by atoms with Crippen LogP contribution in [0.15, 0.2) is 36.7 Å². The lowest BCUT2D eigenvalue weighted by molar-refractivity contribution is -0.120. The van der Waals surface area contributed by atoms with E-state index in [4.69, 9.17) is 5.73 Å². The summed E-state index contributed by atoms with van der Waals surface area (Å²) in [6.45, 7) is 0.859. The molecule has 110 valence electrons. The maximum atomic E-state index is 11.8. The first-order valence-corrected chi connectivity index (χ1v) is 6.39. The SMILES string of the molecule is Nc1ccc(C(=O)NCC(=O)NCCn2ccnn2)cc1. The summed E-state index contributed by atoms with van der Waals surface area (Å²) in [6.07, 6.45) is 3.27. The van der Waals surface area contributed by atoms with Crippen molar-refractivity contribution in [1.82, 2.24) is 25.6 Å². The number of carbonyl (C=O) groups excluding carboxylic acids is 2. The van der Waals surface area contributed by atoms with Gasteiger partial charge in [-0.1, -0.05) is 5.21 Å². The number of hydrogen-bond donors (Lipinski definition) is 3. The molecule has 2 aromatic rings. The van der Waals surface area contributed by atoms with Crippen molar-refractivity contribution >= 4 is 17.5 Å². The highest BCUT2D eigenvalue weighted by Gasteiger charge is 2.07. The molecular formula is C13H16N6O2. The van der Waals surface area contributed by atoms with Crippen LogP contribution in [-0.4, -0.2) is 39.9 Å². The summed E-state index contributed by atoms with van der Waals surface area (Å²) in [5, 5.41) is 12.6. The Balaban J connectivity index is 1.68. The van der Waals surface area contributed by atoms with Gasteiger partial charge in [0.15, 0.2) is 0 Å². The van der Waals surface area contributed by atoms with Crippen LogP contribution in [0, 0.1) is 0 Å². The number of aromatic nitrogens is 3. The summed E-state index contributed by atoms with van der Waals surface area (Å²) in [5.41, 5.74) is 6.58. The summed E-state index contributed by atoms with van der Waals surface area (Å²) < 4.78 is 1.60. The second-order valence-corrected chi connectivity index (χ2v) is 4.32. The first-order valence-electron chi connectivity index (χ1n) is 6.39. The third-order valence-corrected chi connectivity index (χ3v) is 2.72. The molecule has 21 heavy (non-hydrogen) atoms. The van der Waals surface area contributed by atoms with Crippen molar-refractivity contribution in [2.24, 2.45) is 0 Å². The second-order valence-electron chi connectivity index (χ2n) is 4.32. The maximum Gasteiger partial charge on any atom is 0.251 e. The molecule has 0 aliphatic rings. The zero-order valence-corrected chi connectivity index (χ0v) is 11.3. The summed E-state index contributed by atoms with van der Waals surface area (Å²) in [4.78, 5) is 23.3. The third kappa shape index (κ3) is 4.60. The number of rotatable bonds is 6. The molecule has 4 N–H and O–H groups in total. The standard InChI is InChI=1S/C13H16N6O2/c14-11-3-1-10(2-4-11)13(21)16-9-12(20)15-5-7-19-8-6-17-18-19/h1-4,6,8H,5,7,9,14H2,(H,15,20)(H,16,21). The van der Waals surface area contributed by atoms with Gasteiger partial charge in [0, 0.05) is 24.0 Å². The molecule has 2 rings (SSSR count). The van der Waals surface area contributed by atoms with E-state index in [2.05, 4.69) is 20.9 Å². The fraction of sp³-hybridized carbons (Fsp3) is 0.231. The number of carbonyl (C=O) groups is 2. The summed E-state index contributed by atoms with van der Waals surface area (Å²) >= 11 is 0. The van der Waals surface area contributed by atoms with E-state index in [1.165, 1.54) is 0 Å². The molecule has 0 aliphatic heterocycles. The van der Waals surface area contributed by atoms with E-state index >= 15 is 0 Å². The van der Waals surface area contributed by atoms with Gasteiger partial charge in [-0.3, -0.25) is 14.3 Å². The van der Waals surface area contributed by atoms with Crippen molar-refractivity contribution in [2.45, 2.75) is 6.54 Å². The molecule has 0 unspecified atom stereocenters. The molecule has 8 heteroatoms. The molecule has 2 amide bonds. The molecule has 0 saturated carbocycles. The number of hydrogen-bond acceptors (Lipinski definition) is 5. The summed E-state index contributed by atoms with van der Waals surface area (Å²) in [7, 11) is 0. The smallest absolute Gasteiger partial charge is 0.251 e. The van der Waals surface area contributed by atoms with Gasteiger partial charge in [-0.2, -0.15) is 0 Å². The largest absolute Gasteiger partial charge is 0.399 e. The fourth-order valence-electron chi connectivity index (χ4n) is 1.62. The predicted octanol–water partition coefficient (Wildman–Crippen LogP) is -0.594. The van der Waals surface area contributed by atoms with Crippen molar-refractivity contribution in [2.75, 3.05) is 18.8 Å². The lowest BCUT2D eigenvalue weighted by Crippen LogP contribution is -2.38. The third-order valence-electron chi connectivity index (χ3n) is 2.72. The summed E-state index contributed by atoms with van der Waals surface area (Å²) in [5.74, 6) is -0.583. The molecule has 1 aromatic carbocycles. The molecule has 0 fully saturated rings. The number of anilines is 1. The van der Waals surface area contributed by atoms with Crippen LogP contribution in [0.2, 0.25) is 0 Å². The quantitative estimate of drug-likeness (QED) is 0.614. The maximum absolute atomic E-state index is 11.8. The van der Waals surface area contributed by atoms with Crippen molar-refractivity contribution in [3.8, 4) is 0 Å². The number of nitrogens with one attached hydrogen (secondary N) is 2. The van der Waals surface area contributed by atoms with Gasteiger partial charge in [0.1, 0.15) is 0 Å². The van der Waals surface area contributed by atoms with Crippen LogP contribution in [0.5, 0.6) is 0 Å².